The SMILES string of the molecule is CC(c1ccccc1)N(C)C(=O)COC(=O)CN1C(=O)NC2(CCCC2)C1=O. The molecule has 2 aliphatic rings. The molecular weight excluding hydrogens is 362 g/mol. The molecule has 1 heterocycles. The molecule has 1 aromatic rings. The van der Waals surface area contributed by atoms with Gasteiger partial charge in [0.15, 0.2) is 6.61 Å². The summed E-state index contributed by atoms with van der Waals surface area (Å²) in [5.74, 6) is -1.53. The topological polar surface area (TPSA) is 96.0 Å². The third kappa shape index (κ3) is 3.85. The van der Waals surface area contributed by atoms with Gasteiger partial charge >= 0.3 is 12.0 Å². The van der Waals surface area contributed by atoms with Crippen LogP contribution in [0.25, 0.3) is 0 Å². The number of nitrogens with zero attached hydrogens (tertiary/aromatic N) is 2. The number of ether oxygens (including phenoxy) is 1. The summed E-state index contributed by atoms with van der Waals surface area (Å²) < 4.78 is 5.02. The molecule has 0 radical (unpaired) electrons. The van der Waals surface area contributed by atoms with E-state index >= 15 is 0 Å². The summed E-state index contributed by atoms with van der Waals surface area (Å²) in [4.78, 5) is 51.4. The van der Waals surface area contributed by atoms with Crippen LogP contribution in [0.5, 0.6) is 0 Å². The Morgan fingerprint density at radius 3 is 2.50 bits per heavy atom. The van der Waals surface area contributed by atoms with Gasteiger partial charge < -0.3 is 15.0 Å². The van der Waals surface area contributed by atoms with Gasteiger partial charge in [0.05, 0.1) is 6.04 Å². The average molecular weight is 387 g/mol. The minimum Gasteiger partial charge on any atom is -0.454 e. The van der Waals surface area contributed by atoms with E-state index < -0.39 is 30.7 Å². The Kier molecular flexibility index (Phi) is 5.67. The van der Waals surface area contributed by atoms with Gasteiger partial charge in [0.1, 0.15) is 12.1 Å². The molecule has 1 N–H and O–H groups in total. The van der Waals surface area contributed by atoms with E-state index in [-0.39, 0.29) is 17.9 Å². The highest BCUT2D eigenvalue weighted by Crippen LogP contribution is 2.34. The van der Waals surface area contributed by atoms with Crippen LogP contribution in [-0.2, 0) is 19.1 Å². The fourth-order valence-corrected chi connectivity index (χ4v) is 3.73. The summed E-state index contributed by atoms with van der Waals surface area (Å²) in [6.07, 6.45) is 2.91. The second-order valence-electron chi connectivity index (χ2n) is 7.36. The lowest BCUT2D eigenvalue weighted by Crippen LogP contribution is -2.44. The van der Waals surface area contributed by atoms with Crippen molar-refractivity contribution in [1.82, 2.24) is 15.1 Å². The lowest BCUT2D eigenvalue weighted by molar-refractivity contribution is -0.154. The third-order valence-electron chi connectivity index (χ3n) is 5.60. The molecule has 8 nitrogen and oxygen atoms in total. The molecule has 0 bridgehead atoms. The van der Waals surface area contributed by atoms with Gasteiger partial charge in [0, 0.05) is 7.05 Å². The van der Waals surface area contributed by atoms with E-state index in [0.717, 1.165) is 23.3 Å². The normalized spacial score (nSPS) is 18.9. The first-order valence-electron chi connectivity index (χ1n) is 9.44. The van der Waals surface area contributed by atoms with Crippen LogP contribution in [0, 0.1) is 0 Å². The Hall–Kier alpha value is -2.90. The summed E-state index contributed by atoms with van der Waals surface area (Å²) in [6.45, 7) is 0.947. The number of likely N-dealkylation sites (N-methyl/N-ethyl adjacent to an activating group) is 1. The van der Waals surface area contributed by atoms with Crippen molar-refractivity contribution >= 4 is 23.8 Å². The lowest BCUT2D eigenvalue weighted by Gasteiger charge is -2.25. The molecule has 1 unspecified atom stereocenters. The van der Waals surface area contributed by atoms with Crippen LogP contribution in [0.4, 0.5) is 4.79 Å². The van der Waals surface area contributed by atoms with Crippen molar-refractivity contribution in [3.05, 3.63) is 35.9 Å². The third-order valence-corrected chi connectivity index (χ3v) is 5.60. The highest BCUT2D eigenvalue weighted by Gasteiger charge is 2.52. The molecule has 1 aromatic carbocycles. The van der Waals surface area contributed by atoms with Crippen molar-refractivity contribution in [3.8, 4) is 0 Å². The molecule has 2 fully saturated rings. The van der Waals surface area contributed by atoms with E-state index in [1.54, 1.807) is 7.05 Å². The van der Waals surface area contributed by atoms with Gasteiger partial charge in [-0.2, -0.15) is 0 Å². The number of amides is 4. The van der Waals surface area contributed by atoms with E-state index in [1.807, 2.05) is 37.3 Å². The molecule has 1 atom stereocenters. The second-order valence-corrected chi connectivity index (χ2v) is 7.36. The van der Waals surface area contributed by atoms with Crippen LogP contribution in [0.1, 0.15) is 44.2 Å². The maximum atomic E-state index is 12.5. The first-order chi connectivity index (χ1) is 13.3. The van der Waals surface area contributed by atoms with Gasteiger partial charge in [-0.1, -0.05) is 43.2 Å². The van der Waals surface area contributed by atoms with Crippen LogP contribution in [-0.4, -0.2) is 59.4 Å². The Morgan fingerprint density at radius 1 is 1.21 bits per heavy atom. The van der Waals surface area contributed by atoms with Crippen molar-refractivity contribution in [2.24, 2.45) is 0 Å². The van der Waals surface area contributed by atoms with Gasteiger partial charge in [0.2, 0.25) is 0 Å². The predicted octanol–water partition coefficient (Wildman–Crippen LogP) is 1.61. The number of carbonyl (C=O) groups excluding carboxylic acids is 4. The molecule has 1 saturated heterocycles. The minimum atomic E-state index is -0.863. The molecule has 3 rings (SSSR count). The molecule has 0 aromatic heterocycles. The summed E-state index contributed by atoms with van der Waals surface area (Å²) in [5, 5.41) is 2.71. The van der Waals surface area contributed by atoms with Crippen LogP contribution in [0.3, 0.4) is 0 Å². The van der Waals surface area contributed by atoms with Crippen LogP contribution in [0.15, 0.2) is 30.3 Å². The quantitative estimate of drug-likeness (QED) is 0.591. The zero-order valence-electron chi connectivity index (χ0n) is 16.1. The second kappa shape index (κ2) is 8.00. The van der Waals surface area contributed by atoms with Crippen LogP contribution in [0.2, 0.25) is 0 Å². The smallest absolute Gasteiger partial charge is 0.326 e. The molecule has 4 amide bonds. The van der Waals surface area contributed by atoms with Crippen molar-refractivity contribution in [3.63, 3.8) is 0 Å². The minimum absolute atomic E-state index is 0.180. The summed E-state index contributed by atoms with van der Waals surface area (Å²) in [6, 6.07) is 8.74. The number of carbonyl (C=O) groups is 4. The Morgan fingerprint density at radius 2 is 1.86 bits per heavy atom. The maximum Gasteiger partial charge on any atom is 0.326 e. The van der Waals surface area contributed by atoms with E-state index in [4.69, 9.17) is 4.74 Å². The van der Waals surface area contributed by atoms with Gasteiger partial charge in [-0.3, -0.25) is 19.3 Å². The number of hydrogen-bond donors (Lipinski definition) is 1. The molecule has 1 aliphatic heterocycles. The van der Waals surface area contributed by atoms with Gasteiger partial charge in [-0.15, -0.1) is 0 Å². The van der Waals surface area contributed by atoms with E-state index in [2.05, 4.69) is 5.32 Å². The maximum absolute atomic E-state index is 12.5. The number of rotatable bonds is 6. The largest absolute Gasteiger partial charge is 0.454 e. The first-order valence-corrected chi connectivity index (χ1v) is 9.44. The summed E-state index contributed by atoms with van der Waals surface area (Å²) in [5.41, 5.74) is 0.101. The molecule has 150 valence electrons. The van der Waals surface area contributed by atoms with E-state index in [1.165, 1.54) is 4.90 Å². The van der Waals surface area contributed by atoms with Gasteiger partial charge in [-0.25, -0.2) is 4.79 Å². The molecule has 1 saturated carbocycles. The molecular formula is C20H25N3O5. The number of imide groups is 1. The number of benzene rings is 1. The van der Waals surface area contributed by atoms with Crippen molar-refractivity contribution in [1.29, 1.82) is 0 Å². The van der Waals surface area contributed by atoms with E-state index in [0.29, 0.717) is 12.8 Å². The van der Waals surface area contributed by atoms with Crippen LogP contribution >= 0.6 is 0 Å². The monoisotopic (exact) mass is 387 g/mol. The number of nitrogens with one attached hydrogen (secondary N) is 1. The Labute approximate surface area is 163 Å². The fourth-order valence-electron chi connectivity index (χ4n) is 3.73. The zero-order chi connectivity index (χ0) is 20.3. The Balaban J connectivity index is 1.51. The van der Waals surface area contributed by atoms with E-state index in [9.17, 15) is 19.2 Å². The van der Waals surface area contributed by atoms with Crippen molar-refractivity contribution in [2.45, 2.75) is 44.2 Å². The fraction of sp³-hybridized carbons (Fsp3) is 0.500. The number of hydrogen-bond acceptors (Lipinski definition) is 5. The molecule has 1 spiro atoms. The van der Waals surface area contributed by atoms with Crippen molar-refractivity contribution in [2.75, 3.05) is 20.2 Å². The summed E-state index contributed by atoms with van der Waals surface area (Å²) in [7, 11) is 1.63. The van der Waals surface area contributed by atoms with Crippen LogP contribution < -0.4 is 5.32 Å². The number of esters is 1. The molecule has 1 aliphatic carbocycles. The zero-order valence-corrected chi connectivity index (χ0v) is 16.1. The number of urea groups is 1. The van der Waals surface area contributed by atoms with Gasteiger partial charge in [0.25, 0.3) is 11.8 Å². The standard InChI is InChI=1S/C20H25N3O5/c1-14(15-8-4-3-5-9-15)22(2)16(24)13-28-17(25)12-23-18(26)20(21-19(23)27)10-6-7-11-20/h3-5,8-9,14H,6-7,10-13H2,1-2H3,(H,21,27). The summed E-state index contributed by atoms with van der Waals surface area (Å²) >= 11 is 0. The average Bonchev–Trinajstić information content (AvgIpc) is 3.26. The van der Waals surface area contributed by atoms with Crippen molar-refractivity contribution < 1.29 is 23.9 Å². The Bertz CT molecular complexity index is 773. The molecule has 8 heteroatoms. The predicted molar refractivity (Wildman–Crippen MR) is 100 cm³/mol. The highest BCUT2D eigenvalue weighted by molar-refractivity contribution is 6.08. The first kappa shape index (κ1) is 19.9. The molecule has 28 heavy (non-hydrogen) atoms. The highest BCUT2D eigenvalue weighted by atomic mass is 16.5. The van der Waals surface area contributed by atoms with Gasteiger partial charge in [-0.05, 0) is 25.3 Å². The lowest BCUT2D eigenvalue weighted by atomic mass is 9.98.